The van der Waals surface area contributed by atoms with Crippen LogP contribution in [0.4, 0.5) is 5.69 Å². The molecule has 8 heteroatoms. The summed E-state index contributed by atoms with van der Waals surface area (Å²) in [5, 5.41) is 2.95. The lowest BCUT2D eigenvalue weighted by Crippen LogP contribution is -2.40. The molecule has 1 aliphatic heterocycles. The van der Waals surface area contributed by atoms with E-state index in [0.29, 0.717) is 29.5 Å². The molecule has 1 aliphatic rings. The number of anilines is 1. The van der Waals surface area contributed by atoms with Crippen LogP contribution < -0.4 is 19.5 Å². The number of imidazole rings is 1. The smallest absolute Gasteiger partial charge is 0.238 e. The van der Waals surface area contributed by atoms with Crippen LogP contribution in [0.1, 0.15) is 30.1 Å². The van der Waals surface area contributed by atoms with E-state index in [1.807, 2.05) is 0 Å². The Morgan fingerprint density at radius 3 is 2.59 bits per heavy atom. The third kappa shape index (κ3) is 4.65. The Hall–Kier alpha value is -3.26. The van der Waals surface area contributed by atoms with Crippen molar-refractivity contribution >= 4 is 22.6 Å². The second kappa shape index (κ2) is 9.48. The lowest BCUT2D eigenvalue weighted by molar-refractivity contribution is -0.117. The number of aromatic nitrogens is 2. The highest BCUT2D eigenvalue weighted by molar-refractivity contribution is 5.93. The van der Waals surface area contributed by atoms with Crippen molar-refractivity contribution in [2.45, 2.75) is 25.7 Å². The first kappa shape index (κ1) is 22.0. The molecular formula is C24H30N4O4. The maximum absolute atomic E-state index is 12.8. The zero-order valence-corrected chi connectivity index (χ0v) is 19.0. The predicted octanol–water partition coefficient (Wildman–Crippen LogP) is 3.72. The number of hydrogen-bond acceptors (Lipinski definition) is 6. The average Bonchev–Trinajstić information content (AvgIpc) is 3.21. The molecule has 1 unspecified atom stereocenters. The molecule has 1 atom stereocenters. The number of nitrogens with one attached hydrogen (secondary N) is 2. The first-order valence-electron chi connectivity index (χ1n) is 10.8. The van der Waals surface area contributed by atoms with E-state index < -0.39 is 0 Å². The number of fused-ring (bicyclic) bond motifs is 1. The Kier molecular flexibility index (Phi) is 6.50. The van der Waals surface area contributed by atoms with Crippen molar-refractivity contribution < 1.29 is 19.0 Å². The lowest BCUT2D eigenvalue weighted by Gasteiger charge is -2.31. The number of amides is 1. The van der Waals surface area contributed by atoms with Gasteiger partial charge in [0.2, 0.25) is 11.7 Å². The Balaban J connectivity index is 1.42. The van der Waals surface area contributed by atoms with Crippen molar-refractivity contribution in [2.24, 2.45) is 0 Å². The van der Waals surface area contributed by atoms with Crippen LogP contribution in [0.5, 0.6) is 17.2 Å². The van der Waals surface area contributed by atoms with Gasteiger partial charge < -0.3 is 24.5 Å². The molecule has 8 nitrogen and oxygen atoms in total. The molecule has 1 amide bonds. The fourth-order valence-electron chi connectivity index (χ4n) is 4.32. The van der Waals surface area contributed by atoms with Crippen LogP contribution in [0.3, 0.4) is 0 Å². The van der Waals surface area contributed by atoms with E-state index in [-0.39, 0.29) is 11.8 Å². The van der Waals surface area contributed by atoms with Gasteiger partial charge in [0.1, 0.15) is 5.82 Å². The molecule has 170 valence electrons. The highest BCUT2D eigenvalue weighted by Crippen LogP contribution is 2.40. The largest absolute Gasteiger partial charge is 0.493 e. The van der Waals surface area contributed by atoms with E-state index >= 15 is 0 Å². The van der Waals surface area contributed by atoms with E-state index in [1.165, 1.54) is 5.56 Å². The van der Waals surface area contributed by atoms with Crippen molar-refractivity contribution in [1.82, 2.24) is 14.9 Å². The highest BCUT2D eigenvalue weighted by atomic mass is 16.5. The van der Waals surface area contributed by atoms with Crippen LogP contribution in [0.25, 0.3) is 11.0 Å². The number of methoxy groups -OCH3 is 3. The summed E-state index contributed by atoms with van der Waals surface area (Å²) in [4.78, 5) is 23.2. The third-order valence-corrected chi connectivity index (χ3v) is 5.86. The fraction of sp³-hybridized carbons (Fsp3) is 0.417. The maximum Gasteiger partial charge on any atom is 0.238 e. The zero-order chi connectivity index (χ0) is 22.7. The molecule has 1 fully saturated rings. The number of carbonyl (C=O) groups is 1. The molecule has 1 saturated heterocycles. The molecule has 0 spiro atoms. The minimum atomic E-state index is -0.0832. The standard InChI is InChI=1S/C24H30N4O4/c1-15-7-8-18-19(10-15)27-24(26-18)16-6-5-9-28(13-16)14-22(29)25-17-11-20(30-2)23(32-4)21(12-17)31-3/h7-8,10-12,16H,5-6,9,13-14H2,1-4H3,(H,25,29)(H,26,27). The summed E-state index contributed by atoms with van der Waals surface area (Å²) < 4.78 is 16.1. The molecule has 2 aromatic carbocycles. The number of piperidine rings is 1. The molecule has 2 heterocycles. The predicted molar refractivity (Wildman–Crippen MR) is 124 cm³/mol. The molecule has 0 radical (unpaired) electrons. The summed E-state index contributed by atoms with van der Waals surface area (Å²) in [7, 11) is 4.65. The van der Waals surface area contributed by atoms with Gasteiger partial charge in [-0.25, -0.2) is 4.98 Å². The normalized spacial score (nSPS) is 16.7. The molecule has 3 aromatic rings. The summed E-state index contributed by atoms with van der Waals surface area (Å²) in [6, 6.07) is 9.71. The fourth-order valence-corrected chi connectivity index (χ4v) is 4.32. The summed E-state index contributed by atoms with van der Waals surface area (Å²) >= 11 is 0. The van der Waals surface area contributed by atoms with Gasteiger partial charge in [0.15, 0.2) is 11.5 Å². The first-order valence-corrected chi connectivity index (χ1v) is 10.8. The van der Waals surface area contributed by atoms with Crippen LogP contribution in [0, 0.1) is 6.92 Å². The average molecular weight is 439 g/mol. The van der Waals surface area contributed by atoms with Gasteiger partial charge in [-0.15, -0.1) is 0 Å². The van der Waals surface area contributed by atoms with Gasteiger partial charge in [-0.05, 0) is 44.0 Å². The Morgan fingerprint density at radius 1 is 1.16 bits per heavy atom. The van der Waals surface area contributed by atoms with E-state index in [0.717, 1.165) is 42.8 Å². The van der Waals surface area contributed by atoms with Crippen molar-refractivity contribution in [3.63, 3.8) is 0 Å². The van der Waals surface area contributed by atoms with Crippen LogP contribution in [-0.2, 0) is 4.79 Å². The molecular weight excluding hydrogens is 408 g/mol. The number of benzene rings is 2. The quantitative estimate of drug-likeness (QED) is 0.585. The molecule has 4 rings (SSSR count). The van der Waals surface area contributed by atoms with Crippen LogP contribution in [-0.4, -0.2) is 61.7 Å². The minimum absolute atomic E-state index is 0.0832. The van der Waals surface area contributed by atoms with Crippen molar-refractivity contribution in [2.75, 3.05) is 46.3 Å². The summed E-state index contributed by atoms with van der Waals surface area (Å²) in [5.74, 6) is 2.69. The number of aromatic amines is 1. The van der Waals surface area contributed by atoms with Gasteiger partial charge in [0.25, 0.3) is 0 Å². The number of carbonyl (C=O) groups excluding carboxylic acids is 1. The molecule has 32 heavy (non-hydrogen) atoms. The summed E-state index contributed by atoms with van der Waals surface area (Å²) in [6.07, 6.45) is 2.09. The molecule has 0 bridgehead atoms. The number of aryl methyl sites for hydroxylation is 1. The van der Waals surface area contributed by atoms with Gasteiger partial charge >= 0.3 is 0 Å². The number of likely N-dealkylation sites (tertiary alicyclic amines) is 1. The molecule has 2 N–H and O–H groups in total. The van der Waals surface area contributed by atoms with Crippen LogP contribution in [0.15, 0.2) is 30.3 Å². The third-order valence-electron chi connectivity index (χ3n) is 5.86. The van der Waals surface area contributed by atoms with Gasteiger partial charge in [0.05, 0.1) is 38.9 Å². The Labute approximate surface area is 187 Å². The van der Waals surface area contributed by atoms with Gasteiger partial charge in [-0.1, -0.05) is 6.07 Å². The summed E-state index contributed by atoms with van der Waals surface area (Å²) in [6.45, 7) is 4.07. The van der Waals surface area contributed by atoms with Crippen molar-refractivity contribution in [1.29, 1.82) is 0 Å². The number of H-pyrrole nitrogens is 1. The zero-order valence-electron chi connectivity index (χ0n) is 19.0. The number of nitrogens with zero attached hydrogens (tertiary/aromatic N) is 2. The van der Waals surface area contributed by atoms with Gasteiger partial charge in [-0.2, -0.15) is 0 Å². The first-order chi connectivity index (χ1) is 15.5. The Bertz CT molecular complexity index is 1090. The highest BCUT2D eigenvalue weighted by Gasteiger charge is 2.25. The number of hydrogen-bond donors (Lipinski definition) is 2. The second-order valence-electron chi connectivity index (χ2n) is 8.18. The number of rotatable bonds is 7. The maximum atomic E-state index is 12.8. The van der Waals surface area contributed by atoms with Crippen LogP contribution >= 0.6 is 0 Å². The molecule has 0 aliphatic carbocycles. The topological polar surface area (TPSA) is 88.7 Å². The van der Waals surface area contributed by atoms with Crippen molar-refractivity contribution in [3.8, 4) is 17.2 Å². The van der Waals surface area contributed by atoms with E-state index in [2.05, 4.69) is 40.3 Å². The van der Waals surface area contributed by atoms with E-state index in [9.17, 15) is 4.79 Å². The SMILES string of the molecule is COc1cc(NC(=O)CN2CCCC(c3nc4ccc(C)cc4[nH]3)C2)cc(OC)c1OC. The monoisotopic (exact) mass is 438 g/mol. The van der Waals surface area contributed by atoms with E-state index in [1.54, 1.807) is 33.5 Å². The number of ether oxygens (including phenoxy) is 3. The molecule has 1 aromatic heterocycles. The minimum Gasteiger partial charge on any atom is -0.493 e. The Morgan fingerprint density at radius 2 is 1.91 bits per heavy atom. The lowest BCUT2D eigenvalue weighted by atomic mass is 9.97. The summed E-state index contributed by atoms with van der Waals surface area (Å²) in [5.41, 5.74) is 3.87. The van der Waals surface area contributed by atoms with E-state index in [4.69, 9.17) is 19.2 Å². The van der Waals surface area contributed by atoms with Crippen molar-refractivity contribution in [3.05, 3.63) is 41.7 Å². The second-order valence-corrected chi connectivity index (χ2v) is 8.18. The van der Waals surface area contributed by atoms with Crippen LogP contribution in [0.2, 0.25) is 0 Å². The van der Waals surface area contributed by atoms with Gasteiger partial charge in [0, 0.05) is 30.3 Å². The van der Waals surface area contributed by atoms with Gasteiger partial charge in [-0.3, -0.25) is 9.69 Å². The molecule has 0 saturated carbocycles.